The van der Waals surface area contributed by atoms with E-state index in [2.05, 4.69) is 15.3 Å². The van der Waals surface area contributed by atoms with E-state index in [1.807, 2.05) is 36.0 Å². The number of rotatable bonds is 3. The molecule has 100 valence electrons. The lowest BCUT2D eigenvalue weighted by Gasteiger charge is -2.21. The molecular formula is C14H18N4S. The number of hydrogen-bond donors (Lipinski definition) is 2. The normalized spacial score (nSPS) is 19.5. The molecule has 3 N–H and O–H groups in total. The summed E-state index contributed by atoms with van der Waals surface area (Å²) in [7, 11) is 0. The standard InChI is InChI=1S/C14H18N4S/c15-13-14(16-9-10-5-3-4-8-19-10)18-12-7-2-1-6-11(12)17-13/h1-2,6-7,10H,3-5,8-9H2,(H2,15,17)(H,16,18). The van der Waals surface area contributed by atoms with E-state index in [-0.39, 0.29) is 0 Å². The summed E-state index contributed by atoms with van der Waals surface area (Å²) in [6, 6.07) is 7.80. The largest absolute Gasteiger partial charge is 0.381 e. The van der Waals surface area contributed by atoms with Crippen LogP contribution in [-0.4, -0.2) is 27.5 Å². The van der Waals surface area contributed by atoms with Gasteiger partial charge in [-0.25, -0.2) is 9.97 Å². The molecule has 1 saturated heterocycles. The molecular weight excluding hydrogens is 256 g/mol. The number of nitrogens with two attached hydrogens (primary N) is 1. The molecule has 2 aromatic rings. The number of aromatic nitrogens is 2. The highest BCUT2D eigenvalue weighted by atomic mass is 32.2. The van der Waals surface area contributed by atoms with E-state index in [0.717, 1.165) is 17.6 Å². The number of fused-ring (bicyclic) bond motifs is 1. The number of para-hydroxylation sites is 2. The van der Waals surface area contributed by atoms with Crippen molar-refractivity contribution in [3.05, 3.63) is 24.3 Å². The first-order chi connectivity index (χ1) is 9.33. The molecule has 0 bridgehead atoms. The number of benzene rings is 1. The molecule has 1 aliphatic heterocycles. The number of nitrogen functional groups attached to an aromatic ring is 1. The topological polar surface area (TPSA) is 63.8 Å². The molecule has 0 radical (unpaired) electrons. The second-order valence-electron chi connectivity index (χ2n) is 4.82. The fraction of sp³-hybridized carbons (Fsp3) is 0.429. The zero-order valence-electron chi connectivity index (χ0n) is 10.8. The van der Waals surface area contributed by atoms with Gasteiger partial charge in [-0.1, -0.05) is 18.6 Å². The van der Waals surface area contributed by atoms with Crippen molar-refractivity contribution in [2.75, 3.05) is 23.3 Å². The van der Waals surface area contributed by atoms with Crippen molar-refractivity contribution in [3.63, 3.8) is 0 Å². The molecule has 1 aromatic heterocycles. The Morgan fingerprint density at radius 2 is 2.00 bits per heavy atom. The van der Waals surface area contributed by atoms with Gasteiger partial charge in [-0.2, -0.15) is 11.8 Å². The highest BCUT2D eigenvalue weighted by Crippen LogP contribution is 2.26. The van der Waals surface area contributed by atoms with Crippen LogP contribution in [0.15, 0.2) is 24.3 Å². The van der Waals surface area contributed by atoms with Crippen LogP contribution in [-0.2, 0) is 0 Å². The molecule has 4 nitrogen and oxygen atoms in total. The molecule has 1 unspecified atom stereocenters. The van der Waals surface area contributed by atoms with E-state index >= 15 is 0 Å². The van der Waals surface area contributed by atoms with Crippen LogP contribution in [0.3, 0.4) is 0 Å². The monoisotopic (exact) mass is 274 g/mol. The highest BCUT2D eigenvalue weighted by molar-refractivity contribution is 7.99. The van der Waals surface area contributed by atoms with E-state index in [0.29, 0.717) is 16.9 Å². The van der Waals surface area contributed by atoms with Gasteiger partial charge < -0.3 is 11.1 Å². The van der Waals surface area contributed by atoms with Gasteiger partial charge in [-0.15, -0.1) is 0 Å². The maximum absolute atomic E-state index is 5.96. The summed E-state index contributed by atoms with van der Waals surface area (Å²) in [5.41, 5.74) is 7.69. The van der Waals surface area contributed by atoms with Gasteiger partial charge in [-0.05, 0) is 30.7 Å². The third-order valence-corrected chi connectivity index (χ3v) is 4.77. The first kappa shape index (κ1) is 12.5. The van der Waals surface area contributed by atoms with Gasteiger partial charge in [0.15, 0.2) is 11.6 Å². The summed E-state index contributed by atoms with van der Waals surface area (Å²) in [6.07, 6.45) is 3.95. The van der Waals surface area contributed by atoms with E-state index in [4.69, 9.17) is 5.73 Å². The Morgan fingerprint density at radius 1 is 1.21 bits per heavy atom. The molecule has 0 spiro atoms. The Morgan fingerprint density at radius 3 is 2.74 bits per heavy atom. The Labute approximate surface area is 117 Å². The fourth-order valence-electron chi connectivity index (χ4n) is 2.32. The van der Waals surface area contributed by atoms with Crippen LogP contribution in [0.25, 0.3) is 11.0 Å². The quantitative estimate of drug-likeness (QED) is 0.901. The number of nitrogens with one attached hydrogen (secondary N) is 1. The summed E-state index contributed by atoms with van der Waals surface area (Å²) in [5.74, 6) is 2.47. The van der Waals surface area contributed by atoms with Gasteiger partial charge >= 0.3 is 0 Å². The third-order valence-electron chi connectivity index (χ3n) is 3.37. The van der Waals surface area contributed by atoms with Crippen molar-refractivity contribution < 1.29 is 0 Å². The summed E-state index contributed by atoms with van der Waals surface area (Å²) < 4.78 is 0. The lowest BCUT2D eigenvalue weighted by molar-refractivity contribution is 0.677. The zero-order chi connectivity index (χ0) is 13.1. The fourth-order valence-corrected chi connectivity index (χ4v) is 3.56. The molecule has 0 saturated carbocycles. The number of thioether (sulfide) groups is 1. The van der Waals surface area contributed by atoms with Crippen molar-refractivity contribution in [2.45, 2.75) is 24.5 Å². The zero-order valence-corrected chi connectivity index (χ0v) is 11.6. The summed E-state index contributed by atoms with van der Waals surface area (Å²) in [5, 5.41) is 4.02. The minimum Gasteiger partial charge on any atom is -0.381 e. The van der Waals surface area contributed by atoms with Crippen LogP contribution in [0.2, 0.25) is 0 Å². The molecule has 2 heterocycles. The van der Waals surface area contributed by atoms with Gasteiger partial charge in [0.2, 0.25) is 0 Å². The van der Waals surface area contributed by atoms with Crippen molar-refractivity contribution in [3.8, 4) is 0 Å². The van der Waals surface area contributed by atoms with Crippen molar-refractivity contribution in [2.24, 2.45) is 0 Å². The minimum atomic E-state index is 0.486. The summed E-state index contributed by atoms with van der Waals surface area (Å²) in [6.45, 7) is 0.919. The molecule has 0 aliphatic carbocycles. The molecule has 19 heavy (non-hydrogen) atoms. The predicted octanol–water partition coefficient (Wildman–Crippen LogP) is 2.91. The van der Waals surface area contributed by atoms with E-state index in [9.17, 15) is 0 Å². The molecule has 1 aliphatic rings. The average molecular weight is 274 g/mol. The second kappa shape index (κ2) is 5.65. The van der Waals surface area contributed by atoms with E-state index < -0.39 is 0 Å². The molecule has 5 heteroatoms. The van der Waals surface area contributed by atoms with Gasteiger partial charge in [0, 0.05) is 11.8 Å². The summed E-state index contributed by atoms with van der Waals surface area (Å²) in [4.78, 5) is 8.94. The van der Waals surface area contributed by atoms with Gasteiger partial charge in [0.05, 0.1) is 11.0 Å². The van der Waals surface area contributed by atoms with Crippen LogP contribution in [0, 0.1) is 0 Å². The molecule has 1 aromatic carbocycles. The third kappa shape index (κ3) is 2.92. The van der Waals surface area contributed by atoms with Crippen LogP contribution < -0.4 is 11.1 Å². The van der Waals surface area contributed by atoms with Crippen LogP contribution >= 0.6 is 11.8 Å². The van der Waals surface area contributed by atoms with Crippen molar-refractivity contribution in [1.29, 1.82) is 0 Å². The summed E-state index contributed by atoms with van der Waals surface area (Å²) >= 11 is 2.04. The maximum Gasteiger partial charge on any atom is 0.169 e. The molecule has 0 amide bonds. The highest BCUT2D eigenvalue weighted by Gasteiger charge is 2.14. The molecule has 1 fully saturated rings. The first-order valence-electron chi connectivity index (χ1n) is 6.70. The number of nitrogens with zero attached hydrogens (tertiary/aromatic N) is 2. The lowest BCUT2D eigenvalue weighted by atomic mass is 10.2. The van der Waals surface area contributed by atoms with Gasteiger partial charge in [0.25, 0.3) is 0 Å². The maximum atomic E-state index is 5.96. The lowest BCUT2D eigenvalue weighted by Crippen LogP contribution is -2.21. The van der Waals surface area contributed by atoms with Crippen LogP contribution in [0.5, 0.6) is 0 Å². The Balaban J connectivity index is 1.74. The minimum absolute atomic E-state index is 0.486. The van der Waals surface area contributed by atoms with Gasteiger partial charge in [0.1, 0.15) is 0 Å². The van der Waals surface area contributed by atoms with Crippen LogP contribution in [0.4, 0.5) is 11.6 Å². The Hall–Kier alpha value is -1.49. The van der Waals surface area contributed by atoms with Crippen molar-refractivity contribution >= 4 is 34.4 Å². The second-order valence-corrected chi connectivity index (χ2v) is 6.22. The molecule has 1 atom stereocenters. The number of hydrogen-bond acceptors (Lipinski definition) is 5. The van der Waals surface area contributed by atoms with E-state index in [1.165, 1.54) is 25.0 Å². The SMILES string of the molecule is Nc1nc2ccccc2nc1NCC1CCCCS1. The Bertz CT molecular complexity index is 566. The van der Waals surface area contributed by atoms with Crippen LogP contribution in [0.1, 0.15) is 19.3 Å². The van der Waals surface area contributed by atoms with Gasteiger partial charge in [-0.3, -0.25) is 0 Å². The van der Waals surface area contributed by atoms with Crippen molar-refractivity contribution in [1.82, 2.24) is 9.97 Å². The van der Waals surface area contributed by atoms with E-state index in [1.54, 1.807) is 0 Å². The first-order valence-corrected chi connectivity index (χ1v) is 7.75. The molecule has 3 rings (SSSR count). The Kier molecular flexibility index (Phi) is 3.73. The predicted molar refractivity (Wildman–Crippen MR) is 82.5 cm³/mol. The number of anilines is 2. The smallest absolute Gasteiger partial charge is 0.169 e. The average Bonchev–Trinajstić information content (AvgIpc) is 2.46.